The topological polar surface area (TPSA) is 90.1 Å². The van der Waals surface area contributed by atoms with Crippen LogP contribution in [0, 0.1) is 11.3 Å². The lowest BCUT2D eigenvalue weighted by Gasteiger charge is -2.25. The zero-order valence-electron chi connectivity index (χ0n) is 41.7. The summed E-state index contributed by atoms with van der Waals surface area (Å²) in [6.45, 7) is 9.04. The average molecular weight is 1010 g/mol. The number of carboxylic acid groups (broad SMARTS) is 1. The van der Waals surface area contributed by atoms with Gasteiger partial charge in [0.25, 0.3) is 0 Å². The number of nitrogens with zero attached hydrogens (tertiary/aromatic N) is 4. The van der Waals surface area contributed by atoms with Crippen molar-refractivity contribution in [3.63, 3.8) is 0 Å². The molecule has 4 aromatic heterocycles. The van der Waals surface area contributed by atoms with Crippen LogP contribution >= 0.6 is 45.3 Å². The highest BCUT2D eigenvalue weighted by Gasteiger charge is 2.25. The second-order valence-electron chi connectivity index (χ2n) is 18.3. The number of hydrogen-bond donors (Lipinski definition) is 1. The molecule has 70 heavy (non-hydrogen) atoms. The molecule has 0 fully saturated rings. The Morgan fingerprint density at radius 1 is 0.543 bits per heavy atom. The molecular weight excluding hydrogens is 937 g/mol. The number of aryl methyl sites for hydroxylation is 4. The standard InChI is InChI=1S/C60H70N4O2S4/c1-5-9-13-19-27-44-39-50(40-46(42-61)60(65)66)67-54(44)56-51(33-25-15-11-7-3)62-58(69-56)59-63-52(34-26-16-12-8-4)57(70-59)55-45(28-20-14-10-6-2)41-53(68-55)43-35-37-49(38-36-43)64(47-29-21-17-22-30-47)48-31-23-18-24-32-48/h17-18,21-24,29-32,35-41H,5-16,19-20,25-28,33-34H2,1-4H3,(H,65,66)/b46-40-. The summed E-state index contributed by atoms with van der Waals surface area (Å²) in [4.78, 5) is 32.4. The molecule has 0 saturated heterocycles. The van der Waals surface area contributed by atoms with Crippen molar-refractivity contribution >= 4 is 74.5 Å². The van der Waals surface area contributed by atoms with E-state index in [4.69, 9.17) is 9.97 Å². The number of unbranched alkanes of at least 4 members (excludes halogenated alkanes) is 12. The summed E-state index contributed by atoms with van der Waals surface area (Å²) < 4.78 is 0. The number of carbonyl (C=O) groups is 1. The fourth-order valence-electron chi connectivity index (χ4n) is 9.01. The highest BCUT2D eigenvalue weighted by Crippen LogP contribution is 2.48. The Hall–Kier alpha value is -5.18. The number of anilines is 3. The van der Waals surface area contributed by atoms with Crippen LogP contribution in [0.1, 0.15) is 158 Å². The van der Waals surface area contributed by atoms with E-state index in [9.17, 15) is 15.2 Å². The van der Waals surface area contributed by atoms with Gasteiger partial charge in [-0.25, -0.2) is 14.8 Å². The van der Waals surface area contributed by atoms with Gasteiger partial charge in [0.05, 0.1) is 26.0 Å². The molecular formula is C60H70N4O2S4. The number of aromatic nitrogens is 2. The van der Waals surface area contributed by atoms with E-state index in [0.717, 1.165) is 113 Å². The third kappa shape index (κ3) is 14.0. The van der Waals surface area contributed by atoms with Crippen molar-refractivity contribution in [3.05, 3.63) is 130 Å². The van der Waals surface area contributed by atoms with E-state index in [1.54, 1.807) is 28.7 Å². The first-order chi connectivity index (χ1) is 34.3. The molecule has 0 radical (unpaired) electrons. The van der Waals surface area contributed by atoms with Crippen molar-refractivity contribution < 1.29 is 9.90 Å². The van der Waals surface area contributed by atoms with Crippen molar-refractivity contribution in [1.29, 1.82) is 5.26 Å². The first-order valence-electron chi connectivity index (χ1n) is 26.0. The maximum Gasteiger partial charge on any atom is 0.346 e. The van der Waals surface area contributed by atoms with Crippen LogP contribution in [0.2, 0.25) is 0 Å². The number of carboxylic acids is 1. The third-order valence-electron chi connectivity index (χ3n) is 12.8. The summed E-state index contributed by atoms with van der Waals surface area (Å²) in [5.41, 5.74) is 9.30. The van der Waals surface area contributed by atoms with E-state index in [1.165, 1.54) is 99.7 Å². The zero-order valence-corrected chi connectivity index (χ0v) is 45.0. The molecule has 7 rings (SSSR count). The van der Waals surface area contributed by atoms with Gasteiger partial charge in [0, 0.05) is 31.7 Å². The molecule has 3 aromatic carbocycles. The number of rotatable bonds is 29. The number of hydrogen-bond acceptors (Lipinski definition) is 9. The van der Waals surface area contributed by atoms with Crippen LogP contribution in [0.3, 0.4) is 0 Å². The molecule has 4 heterocycles. The Kier molecular flexibility index (Phi) is 20.6. The first-order valence-corrected chi connectivity index (χ1v) is 29.2. The van der Waals surface area contributed by atoms with Gasteiger partial charge in [-0.1, -0.05) is 153 Å². The minimum atomic E-state index is -1.20. The molecule has 0 aliphatic rings. The Balaban J connectivity index is 1.31. The monoisotopic (exact) mass is 1010 g/mol. The molecule has 0 atom stereocenters. The van der Waals surface area contributed by atoms with Gasteiger partial charge in [0.15, 0.2) is 10.0 Å². The number of para-hydroxylation sites is 2. The average Bonchev–Trinajstić information content (AvgIpc) is 4.20. The molecule has 10 heteroatoms. The maximum absolute atomic E-state index is 12.0. The summed E-state index contributed by atoms with van der Waals surface area (Å²) in [6, 6.07) is 36.8. The summed E-state index contributed by atoms with van der Waals surface area (Å²) in [7, 11) is 0. The van der Waals surface area contributed by atoms with Crippen molar-refractivity contribution in [3.8, 4) is 46.0 Å². The first kappa shape index (κ1) is 52.6. The van der Waals surface area contributed by atoms with E-state index in [0.29, 0.717) is 0 Å². The molecule has 1 N–H and O–H groups in total. The van der Waals surface area contributed by atoms with E-state index < -0.39 is 5.97 Å². The smallest absolute Gasteiger partial charge is 0.346 e. The number of nitriles is 1. The number of thiophene rings is 2. The van der Waals surface area contributed by atoms with E-state index in [2.05, 4.69) is 130 Å². The molecule has 0 unspecified atom stereocenters. The van der Waals surface area contributed by atoms with Gasteiger partial charge in [0.2, 0.25) is 0 Å². The predicted octanol–water partition coefficient (Wildman–Crippen LogP) is 19.3. The summed E-state index contributed by atoms with van der Waals surface area (Å²) in [5.74, 6) is -1.20. The Morgan fingerprint density at radius 2 is 0.986 bits per heavy atom. The Bertz CT molecular complexity index is 2730. The summed E-state index contributed by atoms with van der Waals surface area (Å²) >= 11 is 7.09. The van der Waals surface area contributed by atoms with Crippen molar-refractivity contribution in [2.45, 2.75) is 156 Å². The number of aliphatic carboxylic acids is 1. The SMILES string of the molecule is CCCCCCc1cc(/C=C(/C#N)C(=O)O)sc1-c1sc(-c2nc(CCCCCC)c(-c3sc(-c4ccc(N(c5ccccc5)c5ccccc5)cc4)cc3CCCCCC)s2)nc1CCCCCC. The highest BCUT2D eigenvalue weighted by molar-refractivity contribution is 7.28. The predicted molar refractivity (Wildman–Crippen MR) is 303 cm³/mol. The van der Waals surface area contributed by atoms with Crippen LogP contribution < -0.4 is 4.90 Å². The molecule has 0 saturated carbocycles. The van der Waals surface area contributed by atoms with E-state index in [1.807, 2.05) is 28.7 Å². The summed E-state index contributed by atoms with van der Waals surface area (Å²) in [5, 5.41) is 21.4. The maximum atomic E-state index is 12.0. The van der Waals surface area contributed by atoms with Gasteiger partial charge in [-0.3, -0.25) is 0 Å². The fourth-order valence-corrected chi connectivity index (χ4v) is 14.0. The Morgan fingerprint density at radius 3 is 1.44 bits per heavy atom. The molecule has 0 aliphatic heterocycles. The number of benzene rings is 3. The van der Waals surface area contributed by atoms with Crippen molar-refractivity contribution in [1.82, 2.24) is 9.97 Å². The lowest BCUT2D eigenvalue weighted by Crippen LogP contribution is -2.09. The molecule has 0 amide bonds. The van der Waals surface area contributed by atoms with Gasteiger partial charge in [-0.15, -0.1) is 45.3 Å². The molecule has 6 nitrogen and oxygen atoms in total. The zero-order chi connectivity index (χ0) is 49.1. The van der Waals surface area contributed by atoms with Crippen LogP contribution in [-0.4, -0.2) is 21.0 Å². The normalized spacial score (nSPS) is 11.6. The highest BCUT2D eigenvalue weighted by atomic mass is 32.1. The van der Waals surface area contributed by atoms with Crippen LogP contribution in [-0.2, 0) is 30.5 Å². The third-order valence-corrected chi connectivity index (χ3v) is 17.9. The lowest BCUT2D eigenvalue weighted by molar-refractivity contribution is -0.132. The van der Waals surface area contributed by atoms with Crippen molar-refractivity contribution in [2.75, 3.05) is 4.90 Å². The molecule has 7 aromatic rings. The van der Waals surface area contributed by atoms with Gasteiger partial charge in [0.1, 0.15) is 11.6 Å². The lowest BCUT2D eigenvalue weighted by atomic mass is 10.0. The quantitative estimate of drug-likeness (QED) is 0.0286. The minimum Gasteiger partial charge on any atom is -0.477 e. The summed E-state index contributed by atoms with van der Waals surface area (Å²) in [6.07, 6.45) is 24.0. The molecule has 0 spiro atoms. The van der Waals surface area contributed by atoms with E-state index >= 15 is 0 Å². The number of thiazole rings is 2. The van der Waals surface area contributed by atoms with Crippen LogP contribution in [0.4, 0.5) is 17.1 Å². The van der Waals surface area contributed by atoms with Crippen LogP contribution in [0.15, 0.2) is 103 Å². The second kappa shape index (κ2) is 27.4. The van der Waals surface area contributed by atoms with Crippen LogP contribution in [0.25, 0.3) is 46.0 Å². The van der Waals surface area contributed by atoms with Gasteiger partial charge in [-0.05, 0) is 123 Å². The molecule has 0 aliphatic carbocycles. The van der Waals surface area contributed by atoms with E-state index in [-0.39, 0.29) is 5.57 Å². The fraction of sp³-hybridized carbons (Fsp3) is 0.400. The van der Waals surface area contributed by atoms with Gasteiger partial charge in [-0.2, -0.15) is 5.26 Å². The Labute approximate surface area is 433 Å². The minimum absolute atomic E-state index is 0.242. The second-order valence-corrected chi connectivity index (χ2v) is 22.5. The van der Waals surface area contributed by atoms with Gasteiger partial charge < -0.3 is 10.0 Å². The largest absolute Gasteiger partial charge is 0.477 e. The van der Waals surface area contributed by atoms with Crippen molar-refractivity contribution in [2.24, 2.45) is 0 Å². The molecule has 366 valence electrons. The van der Waals surface area contributed by atoms with Crippen LogP contribution in [0.5, 0.6) is 0 Å². The molecule has 0 bridgehead atoms. The van der Waals surface area contributed by atoms with Gasteiger partial charge >= 0.3 is 5.97 Å².